The van der Waals surface area contributed by atoms with Gasteiger partial charge in [-0.3, -0.25) is 0 Å². The van der Waals surface area contributed by atoms with Crippen molar-refractivity contribution in [2.75, 3.05) is 26.4 Å². The summed E-state index contributed by atoms with van der Waals surface area (Å²) in [7, 11) is 0. The van der Waals surface area contributed by atoms with Gasteiger partial charge in [0.2, 0.25) is 0 Å². The molecule has 0 spiro atoms. The van der Waals surface area contributed by atoms with Gasteiger partial charge in [0.05, 0.1) is 26.4 Å². The number of ether oxygens (including phenoxy) is 3. The summed E-state index contributed by atoms with van der Waals surface area (Å²) in [6.07, 6.45) is 1.06. The van der Waals surface area contributed by atoms with E-state index in [1.807, 2.05) is 13.0 Å². The minimum absolute atomic E-state index is 0. The summed E-state index contributed by atoms with van der Waals surface area (Å²) in [5.41, 5.74) is 4.66. The van der Waals surface area contributed by atoms with Crippen molar-refractivity contribution < 1.29 is 14.2 Å². The Morgan fingerprint density at radius 3 is 2.62 bits per heavy atom. The Morgan fingerprint density at radius 2 is 1.91 bits per heavy atom. The highest BCUT2D eigenvalue weighted by Crippen LogP contribution is 2.24. The number of nitrogens with one attached hydrogen (secondary N) is 2. The van der Waals surface area contributed by atoms with Gasteiger partial charge in [0.1, 0.15) is 11.9 Å². The largest absolute Gasteiger partial charge is 0.488 e. The first-order chi connectivity index (χ1) is 15.2. The van der Waals surface area contributed by atoms with Crippen molar-refractivity contribution in [3.05, 3.63) is 64.7 Å². The Hall–Kier alpha value is -1.84. The van der Waals surface area contributed by atoms with E-state index in [0.29, 0.717) is 32.9 Å². The van der Waals surface area contributed by atoms with Crippen LogP contribution in [0.15, 0.2) is 47.5 Å². The van der Waals surface area contributed by atoms with Crippen molar-refractivity contribution in [1.29, 1.82) is 0 Å². The van der Waals surface area contributed by atoms with Gasteiger partial charge in [0.15, 0.2) is 5.96 Å². The second-order valence-corrected chi connectivity index (χ2v) is 7.67. The van der Waals surface area contributed by atoms with Gasteiger partial charge in [-0.15, -0.1) is 24.0 Å². The van der Waals surface area contributed by atoms with Gasteiger partial charge in [-0.05, 0) is 43.5 Å². The molecule has 2 aromatic carbocycles. The molecule has 32 heavy (non-hydrogen) atoms. The van der Waals surface area contributed by atoms with E-state index in [9.17, 15) is 0 Å². The molecule has 0 aliphatic carbocycles. The summed E-state index contributed by atoms with van der Waals surface area (Å²) in [6.45, 7) is 10.9. The predicted molar refractivity (Wildman–Crippen MR) is 140 cm³/mol. The third-order valence-electron chi connectivity index (χ3n) is 5.18. The molecular weight excluding hydrogens is 517 g/mol. The van der Waals surface area contributed by atoms with E-state index in [1.165, 1.54) is 16.7 Å². The summed E-state index contributed by atoms with van der Waals surface area (Å²) in [6, 6.07) is 14.6. The molecule has 6 nitrogen and oxygen atoms in total. The van der Waals surface area contributed by atoms with Gasteiger partial charge in [-0.1, -0.05) is 36.4 Å². The summed E-state index contributed by atoms with van der Waals surface area (Å²) >= 11 is 0. The number of rotatable bonds is 10. The molecule has 0 radical (unpaired) electrons. The highest BCUT2D eigenvalue weighted by atomic mass is 127. The second kappa shape index (κ2) is 14.3. The standard InChI is InChI=1S/C25H35N3O3.HI/c1-4-26-25(27-15-20-8-6-7-9-22(20)17-29-5-2)28-16-21-11-10-19(3)14-24(21)31-23-12-13-30-18-23;/h6-11,14,23H,4-5,12-13,15-18H2,1-3H3,(H2,26,27,28);1H. The van der Waals surface area contributed by atoms with Crippen molar-refractivity contribution in [1.82, 2.24) is 10.6 Å². The van der Waals surface area contributed by atoms with E-state index >= 15 is 0 Å². The van der Waals surface area contributed by atoms with Crippen LogP contribution in [-0.2, 0) is 29.2 Å². The SMILES string of the molecule is CCNC(=NCc1ccc(C)cc1OC1CCOC1)NCc1ccccc1COCC.I. The summed E-state index contributed by atoms with van der Waals surface area (Å²) in [4.78, 5) is 4.81. The second-order valence-electron chi connectivity index (χ2n) is 7.67. The molecule has 2 N–H and O–H groups in total. The van der Waals surface area contributed by atoms with Gasteiger partial charge in [0.25, 0.3) is 0 Å². The molecule has 1 fully saturated rings. The summed E-state index contributed by atoms with van der Waals surface area (Å²) in [5, 5.41) is 6.79. The Morgan fingerprint density at radius 1 is 1.09 bits per heavy atom. The number of guanidine groups is 1. The number of aryl methyl sites for hydroxylation is 1. The van der Waals surface area contributed by atoms with E-state index in [1.54, 1.807) is 0 Å². The fraction of sp³-hybridized carbons (Fsp3) is 0.480. The van der Waals surface area contributed by atoms with Crippen molar-refractivity contribution in [2.24, 2.45) is 4.99 Å². The number of aliphatic imine (C=N–C) groups is 1. The Labute approximate surface area is 209 Å². The molecule has 0 amide bonds. The van der Waals surface area contributed by atoms with Crippen LogP contribution in [0.1, 0.15) is 42.5 Å². The van der Waals surface area contributed by atoms with Crippen molar-refractivity contribution in [3.63, 3.8) is 0 Å². The van der Waals surface area contributed by atoms with Gasteiger partial charge >= 0.3 is 0 Å². The zero-order valence-electron chi connectivity index (χ0n) is 19.4. The fourth-order valence-corrected chi connectivity index (χ4v) is 3.46. The monoisotopic (exact) mass is 553 g/mol. The first kappa shape index (κ1) is 26.4. The molecule has 1 aliphatic rings. The lowest BCUT2D eigenvalue weighted by molar-refractivity contribution is 0.133. The van der Waals surface area contributed by atoms with Crippen LogP contribution in [0, 0.1) is 6.92 Å². The molecular formula is C25H36IN3O3. The average molecular weight is 553 g/mol. The molecule has 1 heterocycles. The highest BCUT2D eigenvalue weighted by Gasteiger charge is 2.18. The maximum absolute atomic E-state index is 6.21. The number of hydrogen-bond acceptors (Lipinski definition) is 4. The summed E-state index contributed by atoms with van der Waals surface area (Å²) in [5.74, 6) is 1.68. The molecule has 2 aromatic rings. The van der Waals surface area contributed by atoms with E-state index in [4.69, 9.17) is 19.2 Å². The highest BCUT2D eigenvalue weighted by molar-refractivity contribution is 14.0. The molecule has 0 bridgehead atoms. The maximum atomic E-state index is 6.21. The van der Waals surface area contributed by atoms with Gasteiger partial charge in [-0.2, -0.15) is 0 Å². The smallest absolute Gasteiger partial charge is 0.191 e. The number of nitrogens with zero attached hydrogens (tertiary/aromatic N) is 1. The fourth-order valence-electron chi connectivity index (χ4n) is 3.46. The van der Waals surface area contributed by atoms with Crippen LogP contribution >= 0.6 is 24.0 Å². The average Bonchev–Trinajstić information content (AvgIpc) is 3.29. The van der Waals surface area contributed by atoms with Gasteiger partial charge < -0.3 is 24.8 Å². The first-order valence-electron chi connectivity index (χ1n) is 11.2. The van der Waals surface area contributed by atoms with Gasteiger partial charge in [0, 0.05) is 31.7 Å². The lowest BCUT2D eigenvalue weighted by atomic mass is 10.1. The minimum Gasteiger partial charge on any atom is -0.488 e. The third-order valence-corrected chi connectivity index (χ3v) is 5.18. The van der Waals surface area contributed by atoms with Crippen LogP contribution in [-0.4, -0.2) is 38.4 Å². The zero-order chi connectivity index (χ0) is 21.9. The van der Waals surface area contributed by atoms with Crippen molar-refractivity contribution in [2.45, 2.75) is 53.0 Å². The number of hydrogen-bond donors (Lipinski definition) is 2. The van der Waals surface area contributed by atoms with E-state index in [0.717, 1.165) is 36.8 Å². The molecule has 1 unspecified atom stereocenters. The molecule has 1 atom stereocenters. The van der Waals surface area contributed by atoms with Crippen LogP contribution in [0.4, 0.5) is 0 Å². The van der Waals surface area contributed by atoms with Crippen molar-refractivity contribution >= 4 is 29.9 Å². The number of halogens is 1. The molecule has 0 saturated carbocycles. The molecule has 1 saturated heterocycles. The lowest BCUT2D eigenvalue weighted by Crippen LogP contribution is -2.37. The van der Waals surface area contributed by atoms with Crippen LogP contribution < -0.4 is 15.4 Å². The molecule has 7 heteroatoms. The normalized spacial score (nSPS) is 15.8. The lowest BCUT2D eigenvalue weighted by Gasteiger charge is -2.17. The molecule has 176 valence electrons. The topological polar surface area (TPSA) is 64.1 Å². The van der Waals surface area contributed by atoms with E-state index in [2.05, 4.69) is 60.9 Å². The van der Waals surface area contributed by atoms with Crippen LogP contribution in [0.3, 0.4) is 0 Å². The summed E-state index contributed by atoms with van der Waals surface area (Å²) < 4.78 is 17.3. The zero-order valence-corrected chi connectivity index (χ0v) is 21.7. The van der Waals surface area contributed by atoms with E-state index < -0.39 is 0 Å². The Balaban J connectivity index is 0.00000363. The van der Waals surface area contributed by atoms with E-state index in [-0.39, 0.29) is 30.1 Å². The minimum atomic E-state index is 0. The van der Waals surface area contributed by atoms with Crippen LogP contribution in [0.25, 0.3) is 0 Å². The van der Waals surface area contributed by atoms with Gasteiger partial charge in [-0.25, -0.2) is 4.99 Å². The van der Waals surface area contributed by atoms with Crippen molar-refractivity contribution in [3.8, 4) is 5.75 Å². The quantitative estimate of drug-likeness (QED) is 0.257. The van der Waals surface area contributed by atoms with Crippen LogP contribution in [0.5, 0.6) is 5.75 Å². The number of benzene rings is 2. The maximum Gasteiger partial charge on any atom is 0.191 e. The Kier molecular flexibility index (Phi) is 11.8. The van der Waals surface area contributed by atoms with Crippen LogP contribution in [0.2, 0.25) is 0 Å². The first-order valence-corrected chi connectivity index (χ1v) is 11.2. The molecule has 0 aromatic heterocycles. The predicted octanol–water partition coefficient (Wildman–Crippen LogP) is 4.57. The Bertz CT molecular complexity index is 854. The molecule has 1 aliphatic heterocycles. The molecule has 3 rings (SSSR count). The third kappa shape index (κ3) is 8.26.